The molecule has 0 saturated carbocycles. The van der Waals surface area contributed by atoms with E-state index in [0.29, 0.717) is 44.5 Å². The molecule has 2 aromatic rings. The van der Waals surface area contributed by atoms with E-state index in [1.807, 2.05) is 30.3 Å². The number of hydrogen-bond donors (Lipinski definition) is 1. The van der Waals surface area contributed by atoms with Gasteiger partial charge in [0.15, 0.2) is 23.0 Å². The predicted octanol–water partition coefficient (Wildman–Crippen LogP) is 2.53. The lowest BCUT2D eigenvalue weighted by molar-refractivity contribution is 0.165. The van der Waals surface area contributed by atoms with Gasteiger partial charge in [0.25, 0.3) is 0 Å². The fraction of sp³-hybridized carbons (Fsp3) is 0.368. The maximum Gasteiger partial charge on any atom is 0.203 e. The van der Waals surface area contributed by atoms with Crippen molar-refractivity contribution >= 4 is 0 Å². The Balaban J connectivity index is 1.41. The Morgan fingerprint density at radius 1 is 0.800 bits per heavy atom. The number of ether oxygens (including phenoxy) is 5. The highest BCUT2D eigenvalue weighted by molar-refractivity contribution is 5.54. The van der Waals surface area contributed by atoms with Crippen molar-refractivity contribution in [3.05, 3.63) is 41.5 Å². The van der Waals surface area contributed by atoms with Crippen LogP contribution in [0.4, 0.5) is 0 Å². The molecule has 0 unspecified atom stereocenters. The summed E-state index contributed by atoms with van der Waals surface area (Å²) in [5.74, 6) is 3.75. The van der Waals surface area contributed by atoms with E-state index < -0.39 is 0 Å². The molecule has 0 saturated heterocycles. The van der Waals surface area contributed by atoms with Gasteiger partial charge in [0.1, 0.15) is 26.4 Å². The first-order valence-corrected chi connectivity index (χ1v) is 8.39. The molecule has 0 radical (unpaired) electrons. The van der Waals surface area contributed by atoms with Crippen molar-refractivity contribution in [2.45, 2.75) is 13.1 Å². The molecule has 132 valence electrons. The van der Waals surface area contributed by atoms with Gasteiger partial charge < -0.3 is 29.0 Å². The molecule has 6 heteroatoms. The number of benzene rings is 2. The zero-order chi connectivity index (χ0) is 17.1. The molecule has 0 atom stereocenters. The summed E-state index contributed by atoms with van der Waals surface area (Å²) < 4.78 is 27.9. The van der Waals surface area contributed by atoms with Crippen LogP contribution in [0.3, 0.4) is 0 Å². The zero-order valence-electron chi connectivity index (χ0n) is 14.2. The van der Waals surface area contributed by atoms with Gasteiger partial charge in [-0.25, -0.2) is 0 Å². The second-order valence-electron chi connectivity index (χ2n) is 5.90. The van der Waals surface area contributed by atoms with Crippen molar-refractivity contribution in [1.29, 1.82) is 0 Å². The van der Waals surface area contributed by atoms with Gasteiger partial charge in [0.05, 0.1) is 7.11 Å². The highest BCUT2D eigenvalue weighted by Gasteiger charge is 2.18. The zero-order valence-corrected chi connectivity index (χ0v) is 14.2. The summed E-state index contributed by atoms with van der Waals surface area (Å²) in [5, 5.41) is 3.43. The van der Waals surface area contributed by atoms with E-state index in [1.165, 1.54) is 0 Å². The first-order valence-electron chi connectivity index (χ1n) is 8.39. The fourth-order valence-corrected chi connectivity index (χ4v) is 2.98. The lowest BCUT2D eigenvalue weighted by Crippen LogP contribution is -2.18. The van der Waals surface area contributed by atoms with Crippen molar-refractivity contribution in [2.75, 3.05) is 33.5 Å². The number of methoxy groups -OCH3 is 1. The Kier molecular flexibility index (Phi) is 4.52. The van der Waals surface area contributed by atoms with Gasteiger partial charge in [-0.3, -0.25) is 0 Å². The van der Waals surface area contributed by atoms with Crippen LogP contribution >= 0.6 is 0 Å². The fourth-order valence-electron chi connectivity index (χ4n) is 2.98. The Morgan fingerprint density at radius 2 is 1.48 bits per heavy atom. The van der Waals surface area contributed by atoms with Crippen molar-refractivity contribution in [3.8, 4) is 28.7 Å². The largest absolute Gasteiger partial charge is 0.493 e. The van der Waals surface area contributed by atoms with Crippen LogP contribution in [0.15, 0.2) is 30.3 Å². The molecule has 1 N–H and O–H groups in total. The summed E-state index contributed by atoms with van der Waals surface area (Å²) in [5.41, 5.74) is 2.23. The minimum Gasteiger partial charge on any atom is -0.493 e. The van der Waals surface area contributed by atoms with Crippen LogP contribution in [0.5, 0.6) is 28.7 Å². The van der Waals surface area contributed by atoms with E-state index in [1.54, 1.807) is 7.11 Å². The third-order valence-corrected chi connectivity index (χ3v) is 4.15. The van der Waals surface area contributed by atoms with Gasteiger partial charge in [-0.2, -0.15) is 0 Å². The predicted molar refractivity (Wildman–Crippen MR) is 92.0 cm³/mol. The van der Waals surface area contributed by atoms with E-state index >= 15 is 0 Å². The van der Waals surface area contributed by atoms with Crippen LogP contribution in [0.25, 0.3) is 0 Å². The van der Waals surface area contributed by atoms with Crippen LogP contribution in [0.1, 0.15) is 11.1 Å². The average molecular weight is 343 g/mol. The molecule has 6 nitrogen and oxygen atoms in total. The highest BCUT2D eigenvalue weighted by Crippen LogP contribution is 2.40. The van der Waals surface area contributed by atoms with Gasteiger partial charge in [-0.15, -0.1) is 0 Å². The summed E-state index contributed by atoms with van der Waals surface area (Å²) >= 11 is 0. The quantitative estimate of drug-likeness (QED) is 0.900. The number of fused-ring (bicyclic) bond motifs is 2. The Morgan fingerprint density at radius 3 is 2.32 bits per heavy atom. The first kappa shape index (κ1) is 15.9. The highest BCUT2D eigenvalue weighted by atomic mass is 16.6. The molecule has 25 heavy (non-hydrogen) atoms. The third-order valence-electron chi connectivity index (χ3n) is 4.15. The molecule has 0 aliphatic carbocycles. The van der Waals surface area contributed by atoms with Crippen LogP contribution in [-0.2, 0) is 13.1 Å². The second-order valence-corrected chi connectivity index (χ2v) is 5.90. The third kappa shape index (κ3) is 3.44. The molecule has 2 aliphatic heterocycles. The lowest BCUT2D eigenvalue weighted by Gasteiger charge is -2.21. The van der Waals surface area contributed by atoms with Gasteiger partial charge in [0, 0.05) is 13.1 Å². The van der Waals surface area contributed by atoms with Gasteiger partial charge in [-0.1, -0.05) is 6.07 Å². The minimum absolute atomic E-state index is 0.547. The van der Waals surface area contributed by atoms with Crippen LogP contribution < -0.4 is 29.0 Å². The lowest BCUT2D eigenvalue weighted by atomic mass is 10.1. The Bertz CT molecular complexity index is 744. The number of hydrogen-bond acceptors (Lipinski definition) is 6. The molecule has 2 aromatic carbocycles. The molecule has 0 amide bonds. The molecular weight excluding hydrogens is 322 g/mol. The summed E-state index contributed by atoms with van der Waals surface area (Å²) in [6.07, 6.45) is 0. The molecule has 2 aliphatic rings. The Hall–Kier alpha value is -2.60. The average Bonchev–Trinajstić information content (AvgIpc) is 2.67. The Labute approximate surface area is 146 Å². The molecule has 4 rings (SSSR count). The van der Waals surface area contributed by atoms with Gasteiger partial charge in [-0.05, 0) is 35.4 Å². The smallest absolute Gasteiger partial charge is 0.203 e. The monoisotopic (exact) mass is 343 g/mol. The van der Waals surface area contributed by atoms with Crippen molar-refractivity contribution in [2.24, 2.45) is 0 Å². The van der Waals surface area contributed by atoms with Crippen molar-refractivity contribution < 1.29 is 23.7 Å². The van der Waals surface area contributed by atoms with Gasteiger partial charge in [0.2, 0.25) is 5.75 Å². The molecular formula is C19H21NO5. The van der Waals surface area contributed by atoms with Crippen molar-refractivity contribution in [3.63, 3.8) is 0 Å². The van der Waals surface area contributed by atoms with E-state index in [9.17, 15) is 0 Å². The van der Waals surface area contributed by atoms with Crippen molar-refractivity contribution in [1.82, 2.24) is 5.32 Å². The topological polar surface area (TPSA) is 58.2 Å². The van der Waals surface area contributed by atoms with Crippen LogP contribution in [-0.4, -0.2) is 33.5 Å². The molecule has 0 fully saturated rings. The van der Waals surface area contributed by atoms with E-state index in [0.717, 1.165) is 34.9 Å². The maximum absolute atomic E-state index is 5.67. The minimum atomic E-state index is 0.547. The molecule has 0 bridgehead atoms. The molecule has 2 heterocycles. The summed E-state index contributed by atoms with van der Waals surface area (Å²) in [6, 6.07) is 9.99. The number of rotatable bonds is 5. The van der Waals surface area contributed by atoms with Gasteiger partial charge >= 0.3 is 0 Å². The second kappa shape index (κ2) is 7.11. The maximum atomic E-state index is 5.67. The normalized spacial score (nSPS) is 14.9. The SMILES string of the molecule is COc1cc(CNCc2ccc3c(c2)OCCO3)cc2c1OCCO2. The van der Waals surface area contributed by atoms with Crippen LogP contribution in [0.2, 0.25) is 0 Å². The molecule has 0 spiro atoms. The standard InChI is InChI=1S/C19H21NO5/c1-21-17-9-14(10-18-19(17)25-7-6-24-18)12-20-11-13-2-3-15-16(8-13)23-5-4-22-15/h2-3,8-10,20H,4-7,11-12H2,1H3. The number of nitrogens with one attached hydrogen (secondary N) is 1. The van der Waals surface area contributed by atoms with E-state index in [-0.39, 0.29) is 0 Å². The molecule has 0 aromatic heterocycles. The van der Waals surface area contributed by atoms with Crippen LogP contribution in [0, 0.1) is 0 Å². The summed E-state index contributed by atoms with van der Waals surface area (Å²) in [6.45, 7) is 3.74. The first-order chi connectivity index (χ1) is 12.3. The summed E-state index contributed by atoms with van der Waals surface area (Å²) in [7, 11) is 1.64. The van der Waals surface area contributed by atoms with E-state index in [2.05, 4.69) is 5.32 Å². The van der Waals surface area contributed by atoms with E-state index in [4.69, 9.17) is 23.7 Å². The summed E-state index contributed by atoms with van der Waals surface area (Å²) in [4.78, 5) is 0.